The van der Waals surface area contributed by atoms with Crippen LogP contribution in [0, 0.1) is 0 Å². The van der Waals surface area contributed by atoms with E-state index in [-0.39, 0.29) is 41.2 Å². The molecule has 176 valence electrons. The third-order valence-corrected chi connectivity index (χ3v) is 5.28. The first kappa shape index (κ1) is 26.1. The van der Waals surface area contributed by atoms with Gasteiger partial charge in [0.05, 0.1) is 26.0 Å². The van der Waals surface area contributed by atoms with E-state index in [9.17, 15) is 4.79 Å². The van der Waals surface area contributed by atoms with Crippen LogP contribution in [0.3, 0.4) is 0 Å². The molecule has 1 aliphatic heterocycles. The summed E-state index contributed by atoms with van der Waals surface area (Å²) in [6.45, 7) is 12.1. The van der Waals surface area contributed by atoms with Gasteiger partial charge in [-0.3, -0.25) is 9.69 Å². The smallest absolute Gasteiger partial charge is 0.291 e. The van der Waals surface area contributed by atoms with Gasteiger partial charge in [0.1, 0.15) is 0 Å². The quantitative estimate of drug-likeness (QED) is 0.263. The van der Waals surface area contributed by atoms with Gasteiger partial charge in [0.15, 0.2) is 11.7 Å². The molecule has 3 rings (SSSR count). The maximum absolute atomic E-state index is 12.1. The number of carbonyl (C=O) groups is 1. The fourth-order valence-corrected chi connectivity index (χ4v) is 3.39. The first-order chi connectivity index (χ1) is 15.0. The van der Waals surface area contributed by atoms with E-state index in [0.29, 0.717) is 12.2 Å². The van der Waals surface area contributed by atoms with Crippen LogP contribution in [0.2, 0.25) is 0 Å². The summed E-state index contributed by atoms with van der Waals surface area (Å²) in [5.41, 5.74) is 1.78. The molecular weight excluding hydrogens is 521 g/mol. The van der Waals surface area contributed by atoms with Crippen LogP contribution in [0.4, 0.5) is 5.69 Å². The van der Waals surface area contributed by atoms with Gasteiger partial charge < -0.3 is 25.1 Å². The summed E-state index contributed by atoms with van der Waals surface area (Å²) in [4.78, 5) is 19.2. The first-order valence-corrected chi connectivity index (χ1v) is 10.8. The average molecular weight is 555 g/mol. The summed E-state index contributed by atoms with van der Waals surface area (Å²) in [7, 11) is 0. The van der Waals surface area contributed by atoms with E-state index in [1.165, 1.54) is 6.26 Å². The molecule has 1 aromatic carbocycles. The van der Waals surface area contributed by atoms with Crippen molar-refractivity contribution in [3.05, 3.63) is 54.0 Å². The molecule has 1 amide bonds. The number of hydrogen-bond donors (Lipinski definition) is 3. The fourth-order valence-electron chi connectivity index (χ4n) is 3.39. The Morgan fingerprint density at radius 1 is 1.12 bits per heavy atom. The van der Waals surface area contributed by atoms with Gasteiger partial charge >= 0.3 is 0 Å². The number of rotatable bonds is 8. The minimum Gasteiger partial charge on any atom is -0.459 e. The fraction of sp³-hybridized carbons (Fsp3) is 0.478. The van der Waals surface area contributed by atoms with Crippen LogP contribution >= 0.6 is 24.0 Å². The van der Waals surface area contributed by atoms with Gasteiger partial charge in [0, 0.05) is 37.4 Å². The van der Waals surface area contributed by atoms with Gasteiger partial charge in [-0.2, -0.15) is 0 Å². The van der Waals surface area contributed by atoms with Crippen molar-refractivity contribution in [1.29, 1.82) is 0 Å². The summed E-state index contributed by atoms with van der Waals surface area (Å²) in [6, 6.07) is 11.0. The highest BCUT2D eigenvalue weighted by Crippen LogP contribution is 2.15. The molecule has 0 unspecified atom stereocenters. The summed E-state index contributed by atoms with van der Waals surface area (Å²) >= 11 is 0. The molecule has 3 N–H and O–H groups in total. The second-order valence-corrected chi connectivity index (χ2v) is 8.09. The van der Waals surface area contributed by atoms with E-state index in [0.717, 1.165) is 50.9 Å². The Bertz CT molecular complexity index is 847. The van der Waals surface area contributed by atoms with Crippen molar-refractivity contribution in [2.75, 3.05) is 44.7 Å². The van der Waals surface area contributed by atoms with E-state index in [1.54, 1.807) is 12.1 Å². The highest BCUT2D eigenvalue weighted by Gasteiger charge is 2.28. The van der Waals surface area contributed by atoms with E-state index < -0.39 is 0 Å². The van der Waals surface area contributed by atoms with Crippen LogP contribution in [0.15, 0.2) is 52.1 Å². The zero-order valence-corrected chi connectivity index (χ0v) is 21.3. The monoisotopic (exact) mass is 555 g/mol. The molecule has 0 atom stereocenters. The Morgan fingerprint density at radius 2 is 1.84 bits per heavy atom. The number of nitrogens with one attached hydrogen (secondary N) is 3. The van der Waals surface area contributed by atoms with Gasteiger partial charge in [-0.25, -0.2) is 4.99 Å². The molecule has 0 aliphatic carbocycles. The van der Waals surface area contributed by atoms with Gasteiger partial charge in [-0.1, -0.05) is 12.1 Å². The number of ether oxygens (including phenoxy) is 1. The van der Waals surface area contributed by atoms with Crippen molar-refractivity contribution in [2.24, 2.45) is 4.99 Å². The van der Waals surface area contributed by atoms with Crippen LogP contribution in [0.1, 0.15) is 36.9 Å². The number of aliphatic imine (C=N–C) groups is 1. The lowest BCUT2D eigenvalue weighted by Gasteiger charge is -2.41. The maximum atomic E-state index is 12.1. The normalized spacial score (nSPS) is 15.0. The second kappa shape index (κ2) is 12.8. The largest absolute Gasteiger partial charge is 0.459 e. The lowest BCUT2D eigenvalue weighted by molar-refractivity contribution is -0.00834. The Labute approximate surface area is 207 Å². The Hall–Kier alpha value is -2.11. The molecule has 0 spiro atoms. The number of amides is 1. The highest BCUT2D eigenvalue weighted by molar-refractivity contribution is 14.0. The Kier molecular flexibility index (Phi) is 10.5. The zero-order valence-electron chi connectivity index (χ0n) is 19.0. The van der Waals surface area contributed by atoms with Gasteiger partial charge in [-0.05, 0) is 50.6 Å². The van der Waals surface area contributed by atoms with Gasteiger partial charge in [0.25, 0.3) is 5.91 Å². The molecule has 9 heteroatoms. The molecule has 1 fully saturated rings. The predicted octanol–water partition coefficient (Wildman–Crippen LogP) is 3.32. The van der Waals surface area contributed by atoms with Crippen molar-refractivity contribution in [3.63, 3.8) is 0 Å². The number of halogens is 1. The molecule has 0 saturated carbocycles. The standard InChI is InChI=1S/C23H33N5O3.HI/c1-4-24-22(26-17-23(2,3)28-11-14-30-15-12-28)25-16-18-7-9-19(10-8-18)27-21(29)20-6-5-13-31-20;/h5-10,13H,4,11-12,14-17H2,1-3H3,(H,27,29)(H2,24,25,26);1H. The van der Waals surface area contributed by atoms with E-state index in [4.69, 9.17) is 14.1 Å². The van der Waals surface area contributed by atoms with Gasteiger partial charge in [0.2, 0.25) is 0 Å². The minimum atomic E-state index is -0.266. The number of benzene rings is 1. The molecule has 0 bridgehead atoms. The van der Waals surface area contributed by atoms with Crippen molar-refractivity contribution in [2.45, 2.75) is 32.9 Å². The summed E-state index contributed by atoms with van der Waals surface area (Å²) in [5.74, 6) is 0.811. The number of nitrogens with zero attached hydrogens (tertiary/aromatic N) is 2. The van der Waals surface area contributed by atoms with Crippen LogP contribution in [-0.2, 0) is 11.3 Å². The van der Waals surface area contributed by atoms with Gasteiger partial charge in [-0.15, -0.1) is 24.0 Å². The highest BCUT2D eigenvalue weighted by atomic mass is 127. The molecule has 1 saturated heterocycles. The summed E-state index contributed by atoms with van der Waals surface area (Å²) in [5, 5.41) is 9.60. The molecule has 2 heterocycles. The van der Waals surface area contributed by atoms with Crippen LogP contribution < -0.4 is 16.0 Å². The average Bonchev–Trinajstić information content (AvgIpc) is 3.32. The Morgan fingerprint density at radius 3 is 2.47 bits per heavy atom. The van der Waals surface area contributed by atoms with E-state index in [2.05, 4.69) is 41.6 Å². The zero-order chi connectivity index (χ0) is 22.1. The van der Waals surface area contributed by atoms with Crippen LogP contribution in [0.5, 0.6) is 0 Å². The van der Waals surface area contributed by atoms with Crippen molar-refractivity contribution < 1.29 is 13.9 Å². The number of guanidine groups is 1. The number of carbonyl (C=O) groups excluding carboxylic acids is 1. The third kappa shape index (κ3) is 7.79. The minimum absolute atomic E-state index is 0. The number of hydrogen-bond acceptors (Lipinski definition) is 5. The third-order valence-electron chi connectivity index (χ3n) is 5.28. The topological polar surface area (TPSA) is 91.1 Å². The number of anilines is 1. The number of furan rings is 1. The number of morpholine rings is 1. The lowest BCUT2D eigenvalue weighted by atomic mass is 10.0. The SMILES string of the molecule is CCNC(=NCc1ccc(NC(=O)c2ccco2)cc1)NCC(C)(C)N1CCOCC1.I. The molecule has 1 aliphatic rings. The predicted molar refractivity (Wildman–Crippen MR) is 138 cm³/mol. The summed E-state index contributed by atoms with van der Waals surface area (Å²) < 4.78 is 10.6. The maximum Gasteiger partial charge on any atom is 0.291 e. The van der Waals surface area contributed by atoms with E-state index in [1.807, 2.05) is 24.3 Å². The van der Waals surface area contributed by atoms with Crippen molar-refractivity contribution in [3.8, 4) is 0 Å². The molecule has 32 heavy (non-hydrogen) atoms. The van der Waals surface area contributed by atoms with Crippen LogP contribution in [-0.4, -0.2) is 61.7 Å². The molecular formula is C23H34IN5O3. The van der Waals surface area contributed by atoms with Crippen LogP contribution in [0.25, 0.3) is 0 Å². The summed E-state index contributed by atoms with van der Waals surface area (Å²) in [6.07, 6.45) is 1.48. The first-order valence-electron chi connectivity index (χ1n) is 10.8. The van der Waals surface area contributed by atoms with E-state index >= 15 is 0 Å². The van der Waals surface area contributed by atoms with Crippen molar-refractivity contribution in [1.82, 2.24) is 15.5 Å². The molecule has 2 aromatic rings. The van der Waals surface area contributed by atoms with Crippen molar-refractivity contribution >= 4 is 41.5 Å². The molecule has 0 radical (unpaired) electrons. The second-order valence-electron chi connectivity index (χ2n) is 8.09. The molecule has 1 aromatic heterocycles. The molecule has 8 nitrogen and oxygen atoms in total. The Balaban J connectivity index is 0.00000363. The lowest BCUT2D eigenvalue weighted by Crippen LogP contribution is -2.56.